The van der Waals surface area contributed by atoms with Gasteiger partial charge < -0.3 is 10.6 Å². The molecule has 2 aromatic carbocycles. The number of carbonyl (C=O) groups is 2. The van der Waals surface area contributed by atoms with E-state index >= 15 is 0 Å². The Labute approximate surface area is 174 Å². The molecule has 0 radical (unpaired) electrons. The molecule has 0 aliphatic heterocycles. The molecule has 29 heavy (non-hydrogen) atoms. The molecule has 1 heterocycles. The van der Waals surface area contributed by atoms with Crippen molar-refractivity contribution in [2.75, 3.05) is 16.4 Å². The molecule has 1 aromatic heterocycles. The summed E-state index contributed by atoms with van der Waals surface area (Å²) in [6.07, 6.45) is 1.00. The Hall–Kier alpha value is -3.19. The zero-order valence-electron chi connectivity index (χ0n) is 16.3. The van der Waals surface area contributed by atoms with Crippen LogP contribution in [0, 0.1) is 0 Å². The van der Waals surface area contributed by atoms with Crippen LogP contribution in [-0.4, -0.2) is 27.8 Å². The first-order valence-electron chi connectivity index (χ1n) is 9.27. The van der Waals surface area contributed by atoms with Crippen LogP contribution in [0.15, 0.2) is 65.7 Å². The van der Waals surface area contributed by atoms with Crippen LogP contribution in [0.3, 0.4) is 0 Å². The highest BCUT2D eigenvalue weighted by Gasteiger charge is 2.07. The van der Waals surface area contributed by atoms with Crippen molar-refractivity contribution < 1.29 is 9.59 Å². The van der Waals surface area contributed by atoms with Gasteiger partial charge in [0.25, 0.3) is 0 Å². The van der Waals surface area contributed by atoms with Gasteiger partial charge in [0.2, 0.25) is 11.8 Å². The van der Waals surface area contributed by atoms with Gasteiger partial charge in [-0.05, 0) is 48.4 Å². The fourth-order valence-electron chi connectivity index (χ4n) is 2.64. The van der Waals surface area contributed by atoms with Gasteiger partial charge in [0.1, 0.15) is 5.03 Å². The summed E-state index contributed by atoms with van der Waals surface area (Å²) >= 11 is 1.33. The first-order valence-corrected chi connectivity index (χ1v) is 10.3. The van der Waals surface area contributed by atoms with Gasteiger partial charge in [0, 0.05) is 23.9 Å². The quantitative estimate of drug-likeness (QED) is 0.568. The third-order valence-electron chi connectivity index (χ3n) is 4.14. The third kappa shape index (κ3) is 6.15. The summed E-state index contributed by atoms with van der Waals surface area (Å²) in [6, 6.07) is 19.0. The number of nitrogens with one attached hydrogen (secondary N) is 2. The minimum absolute atomic E-state index is 0.136. The molecule has 6 nitrogen and oxygen atoms in total. The van der Waals surface area contributed by atoms with Crippen molar-refractivity contribution in [2.45, 2.75) is 25.3 Å². The van der Waals surface area contributed by atoms with E-state index < -0.39 is 0 Å². The highest BCUT2D eigenvalue weighted by molar-refractivity contribution is 7.99. The molecule has 0 bridgehead atoms. The molecule has 7 heteroatoms. The molecule has 0 spiro atoms. The molecule has 0 saturated carbocycles. The van der Waals surface area contributed by atoms with Crippen molar-refractivity contribution >= 4 is 35.0 Å². The van der Waals surface area contributed by atoms with E-state index in [-0.39, 0.29) is 17.6 Å². The van der Waals surface area contributed by atoms with Crippen LogP contribution >= 0.6 is 11.8 Å². The van der Waals surface area contributed by atoms with Gasteiger partial charge in [-0.1, -0.05) is 43.0 Å². The minimum atomic E-state index is -0.136. The molecule has 3 aromatic rings. The van der Waals surface area contributed by atoms with Gasteiger partial charge in [-0.2, -0.15) is 0 Å². The number of nitrogens with zero attached hydrogens (tertiary/aromatic N) is 2. The molecule has 0 aliphatic carbocycles. The SMILES string of the molecule is CCc1ccc(-c2ccc(SCC(=O)Nc3ccc(NC(C)=O)cc3)nn2)cc1. The predicted molar refractivity (Wildman–Crippen MR) is 117 cm³/mol. The Kier molecular flexibility index (Phi) is 6.97. The maximum atomic E-state index is 12.1. The number of aryl methyl sites for hydroxylation is 1. The second-order valence-corrected chi connectivity index (χ2v) is 7.40. The maximum absolute atomic E-state index is 12.1. The number of thioether (sulfide) groups is 1. The number of aromatic nitrogens is 2. The van der Waals surface area contributed by atoms with Crippen molar-refractivity contribution in [1.29, 1.82) is 0 Å². The van der Waals surface area contributed by atoms with Gasteiger partial charge >= 0.3 is 0 Å². The van der Waals surface area contributed by atoms with Crippen LogP contribution in [0.1, 0.15) is 19.4 Å². The number of hydrogen-bond donors (Lipinski definition) is 2. The second-order valence-electron chi connectivity index (χ2n) is 6.40. The van der Waals surface area contributed by atoms with Crippen molar-refractivity contribution in [2.24, 2.45) is 0 Å². The van der Waals surface area contributed by atoms with Crippen LogP contribution in [0.5, 0.6) is 0 Å². The summed E-state index contributed by atoms with van der Waals surface area (Å²) in [6.45, 7) is 3.57. The van der Waals surface area contributed by atoms with E-state index in [0.29, 0.717) is 16.4 Å². The summed E-state index contributed by atoms with van der Waals surface area (Å²) in [7, 11) is 0. The summed E-state index contributed by atoms with van der Waals surface area (Å²) in [5.74, 6) is -0.0428. The Balaban J connectivity index is 1.51. The molecule has 2 amide bonds. The standard InChI is InChI=1S/C22H22N4O2S/c1-3-16-4-6-17(7-5-16)20-12-13-22(26-25-20)29-14-21(28)24-19-10-8-18(9-11-19)23-15(2)27/h4-13H,3,14H2,1-2H3,(H,23,27)(H,24,28). The molecule has 0 aliphatic rings. The minimum Gasteiger partial charge on any atom is -0.326 e. The predicted octanol–water partition coefficient (Wildman–Crippen LogP) is 4.40. The Morgan fingerprint density at radius 1 is 0.862 bits per heavy atom. The lowest BCUT2D eigenvalue weighted by atomic mass is 10.1. The van der Waals surface area contributed by atoms with Gasteiger partial charge in [-0.25, -0.2) is 0 Å². The first-order chi connectivity index (χ1) is 14.0. The van der Waals surface area contributed by atoms with Gasteiger partial charge in [-0.15, -0.1) is 10.2 Å². The van der Waals surface area contributed by atoms with Gasteiger partial charge in [0.15, 0.2) is 0 Å². The first kappa shape index (κ1) is 20.5. The second kappa shape index (κ2) is 9.84. The molecule has 148 valence electrons. The number of benzene rings is 2. The summed E-state index contributed by atoms with van der Waals surface area (Å²) in [5, 5.41) is 14.7. The lowest BCUT2D eigenvalue weighted by molar-refractivity contribution is -0.114. The van der Waals surface area contributed by atoms with Crippen LogP contribution < -0.4 is 10.6 Å². The zero-order valence-corrected chi connectivity index (χ0v) is 17.1. The third-order valence-corrected chi connectivity index (χ3v) is 5.06. The average Bonchev–Trinajstić information content (AvgIpc) is 2.74. The fourth-order valence-corrected chi connectivity index (χ4v) is 3.25. The summed E-state index contributed by atoms with van der Waals surface area (Å²) < 4.78 is 0. The van der Waals surface area contributed by atoms with Crippen LogP contribution in [0.2, 0.25) is 0 Å². The van der Waals surface area contributed by atoms with Crippen LogP contribution in [0.25, 0.3) is 11.3 Å². The van der Waals surface area contributed by atoms with E-state index in [1.54, 1.807) is 24.3 Å². The van der Waals surface area contributed by atoms with E-state index in [2.05, 4.69) is 39.9 Å². The maximum Gasteiger partial charge on any atom is 0.234 e. The van der Waals surface area contributed by atoms with E-state index in [1.165, 1.54) is 24.2 Å². The highest BCUT2D eigenvalue weighted by Crippen LogP contribution is 2.21. The normalized spacial score (nSPS) is 10.4. The number of rotatable bonds is 7. The summed E-state index contributed by atoms with van der Waals surface area (Å²) in [5.41, 5.74) is 4.46. The molecular formula is C22H22N4O2S. The number of hydrogen-bond acceptors (Lipinski definition) is 5. The Bertz CT molecular complexity index is 971. The molecule has 0 atom stereocenters. The van der Waals surface area contributed by atoms with E-state index in [1.807, 2.05) is 24.3 Å². The average molecular weight is 407 g/mol. The van der Waals surface area contributed by atoms with Crippen molar-refractivity contribution in [3.63, 3.8) is 0 Å². The largest absolute Gasteiger partial charge is 0.326 e. The lowest BCUT2D eigenvalue weighted by Gasteiger charge is -2.07. The van der Waals surface area contributed by atoms with Gasteiger partial charge in [0.05, 0.1) is 11.4 Å². The monoisotopic (exact) mass is 406 g/mol. The smallest absolute Gasteiger partial charge is 0.234 e. The highest BCUT2D eigenvalue weighted by atomic mass is 32.2. The zero-order chi connectivity index (χ0) is 20.6. The van der Waals surface area contributed by atoms with E-state index in [9.17, 15) is 9.59 Å². The van der Waals surface area contributed by atoms with Crippen molar-refractivity contribution in [3.05, 3.63) is 66.2 Å². The molecular weight excluding hydrogens is 384 g/mol. The molecule has 0 fully saturated rings. The van der Waals surface area contributed by atoms with E-state index in [4.69, 9.17) is 0 Å². The van der Waals surface area contributed by atoms with Crippen molar-refractivity contribution in [1.82, 2.24) is 10.2 Å². The molecule has 0 unspecified atom stereocenters. The Morgan fingerprint density at radius 2 is 1.52 bits per heavy atom. The number of anilines is 2. The van der Waals surface area contributed by atoms with Gasteiger partial charge in [-0.3, -0.25) is 9.59 Å². The van der Waals surface area contributed by atoms with Crippen LogP contribution in [0.4, 0.5) is 11.4 Å². The topological polar surface area (TPSA) is 84.0 Å². The molecule has 0 saturated heterocycles. The Morgan fingerprint density at radius 3 is 2.07 bits per heavy atom. The summed E-state index contributed by atoms with van der Waals surface area (Å²) in [4.78, 5) is 23.2. The van der Waals surface area contributed by atoms with Crippen molar-refractivity contribution in [3.8, 4) is 11.3 Å². The number of carbonyl (C=O) groups excluding carboxylic acids is 2. The lowest BCUT2D eigenvalue weighted by Crippen LogP contribution is -2.14. The van der Waals surface area contributed by atoms with Crippen LogP contribution in [-0.2, 0) is 16.0 Å². The molecule has 2 N–H and O–H groups in total. The number of amides is 2. The van der Waals surface area contributed by atoms with E-state index in [0.717, 1.165) is 17.7 Å². The molecule has 3 rings (SSSR count). The fraction of sp³-hybridized carbons (Fsp3) is 0.182.